The first-order valence-electron chi connectivity index (χ1n) is 33.5. The number of aliphatic hydroxyl groups excluding tert-OH is 11. The van der Waals surface area contributed by atoms with Crippen LogP contribution in [0.1, 0.15) is 226 Å². The van der Waals surface area contributed by atoms with Crippen molar-refractivity contribution in [2.45, 2.75) is 330 Å². The minimum Gasteiger partial charge on any atom is -0.394 e. The van der Waals surface area contributed by atoms with E-state index in [2.05, 4.69) is 67.8 Å². The Morgan fingerprint density at radius 1 is 0.430 bits per heavy atom. The number of aliphatic hydroxyl groups is 11. The van der Waals surface area contributed by atoms with Crippen LogP contribution in [0.3, 0.4) is 0 Å². The van der Waals surface area contributed by atoms with E-state index in [0.717, 1.165) is 64.2 Å². The van der Waals surface area contributed by atoms with Gasteiger partial charge in [0.05, 0.1) is 38.6 Å². The number of amides is 1. The molecule has 1 amide bonds. The summed E-state index contributed by atoms with van der Waals surface area (Å²) in [6.45, 7) is 1.59. The standard InChI is InChI=1S/C67H119NO18/c1-3-5-7-9-11-13-15-17-19-20-21-22-23-24-25-26-27-28-29-31-32-34-36-38-40-42-44-51(72)50(68-55(73)45-43-41-39-37-35-33-30-18-16-14-12-10-8-6-4-2)49-81-65-61(79)58(76)63(53(47-70)83-65)86-67-62(80)59(77)64(54(48-71)84-67)85-66-60(78)57(75)56(74)52(46-69)82-66/h6,8,12,14,18,30,35,37,42,44,50-54,56-67,69-72,74-80H,3-5,7,9-11,13,15-17,19-29,31-34,36,38-41,43,45-49H2,1-2H3,(H,68,73)/b8-6-,14-12-,30-18-,37-35-,44-42+. The monoisotopic (exact) mass is 1230 g/mol. The number of nitrogens with one attached hydrogen (secondary N) is 1. The summed E-state index contributed by atoms with van der Waals surface area (Å²) < 4.78 is 34.3. The zero-order chi connectivity index (χ0) is 62.6. The lowest BCUT2D eigenvalue weighted by Gasteiger charge is -2.48. The number of hydrogen-bond acceptors (Lipinski definition) is 18. The van der Waals surface area contributed by atoms with Crippen molar-refractivity contribution in [1.29, 1.82) is 0 Å². The van der Waals surface area contributed by atoms with Crippen molar-refractivity contribution in [2.75, 3.05) is 26.4 Å². The maximum atomic E-state index is 13.3. The van der Waals surface area contributed by atoms with Gasteiger partial charge in [0.1, 0.15) is 73.2 Å². The smallest absolute Gasteiger partial charge is 0.220 e. The second kappa shape index (κ2) is 49.2. The van der Waals surface area contributed by atoms with Crippen molar-refractivity contribution < 1.29 is 89.4 Å². The van der Waals surface area contributed by atoms with Gasteiger partial charge in [-0.15, -0.1) is 0 Å². The molecule has 17 unspecified atom stereocenters. The van der Waals surface area contributed by atoms with Gasteiger partial charge in [0.25, 0.3) is 0 Å². The molecule has 3 aliphatic heterocycles. The number of hydrogen-bond donors (Lipinski definition) is 12. The van der Waals surface area contributed by atoms with E-state index in [1.54, 1.807) is 6.08 Å². The van der Waals surface area contributed by atoms with Gasteiger partial charge in [-0.2, -0.15) is 0 Å². The van der Waals surface area contributed by atoms with Gasteiger partial charge in [-0.05, 0) is 57.8 Å². The van der Waals surface area contributed by atoms with Crippen LogP contribution in [0.25, 0.3) is 0 Å². The molecule has 0 spiro atoms. The molecule has 0 aliphatic carbocycles. The quantitative estimate of drug-likeness (QED) is 0.0203. The van der Waals surface area contributed by atoms with Crippen molar-refractivity contribution in [3.63, 3.8) is 0 Å². The van der Waals surface area contributed by atoms with Crippen molar-refractivity contribution in [3.05, 3.63) is 60.8 Å². The van der Waals surface area contributed by atoms with Crippen molar-refractivity contribution >= 4 is 5.91 Å². The van der Waals surface area contributed by atoms with Gasteiger partial charge in [-0.1, -0.05) is 222 Å². The minimum atomic E-state index is -1.98. The summed E-state index contributed by atoms with van der Waals surface area (Å²) in [4.78, 5) is 13.3. The normalized spacial score (nSPS) is 29.2. The number of carbonyl (C=O) groups excluding carboxylic acids is 1. The molecule has 0 saturated carbocycles. The summed E-state index contributed by atoms with van der Waals surface area (Å²) in [5.41, 5.74) is 0. The molecule has 3 aliphatic rings. The molecule has 0 aromatic carbocycles. The Hall–Kier alpha value is -2.51. The first-order valence-corrected chi connectivity index (χ1v) is 33.5. The zero-order valence-electron chi connectivity index (χ0n) is 52.5. The summed E-state index contributed by atoms with van der Waals surface area (Å²) in [5.74, 6) is -0.316. The number of carbonyl (C=O) groups is 1. The molecular weight excluding hydrogens is 1110 g/mol. The van der Waals surface area contributed by atoms with Crippen LogP contribution < -0.4 is 5.32 Å². The molecule has 3 saturated heterocycles. The van der Waals surface area contributed by atoms with Crippen LogP contribution in [0.5, 0.6) is 0 Å². The minimum absolute atomic E-state index is 0.189. The fourth-order valence-electron chi connectivity index (χ4n) is 11.1. The van der Waals surface area contributed by atoms with E-state index in [9.17, 15) is 61.0 Å². The summed E-state index contributed by atoms with van der Waals surface area (Å²) in [6, 6.07) is -0.998. The Morgan fingerprint density at radius 2 is 0.802 bits per heavy atom. The van der Waals surface area contributed by atoms with Crippen LogP contribution >= 0.6 is 0 Å². The highest BCUT2D eigenvalue weighted by Gasteiger charge is 2.53. The average Bonchev–Trinajstić information content (AvgIpc) is 2.24. The highest BCUT2D eigenvalue weighted by molar-refractivity contribution is 5.76. The number of unbranched alkanes of at least 4 members (excludes halogenated alkanes) is 26. The molecule has 17 atom stereocenters. The molecule has 19 heteroatoms. The second-order valence-electron chi connectivity index (χ2n) is 23.9. The topological polar surface area (TPSA) is 307 Å². The molecule has 3 heterocycles. The highest BCUT2D eigenvalue weighted by atomic mass is 16.8. The fraction of sp³-hybridized carbons (Fsp3) is 0.836. The Labute approximate surface area is 515 Å². The number of ether oxygens (including phenoxy) is 6. The largest absolute Gasteiger partial charge is 0.394 e. The van der Waals surface area contributed by atoms with Gasteiger partial charge in [0.2, 0.25) is 5.91 Å². The molecule has 3 fully saturated rings. The van der Waals surface area contributed by atoms with E-state index in [-0.39, 0.29) is 18.9 Å². The molecule has 500 valence electrons. The van der Waals surface area contributed by atoms with Gasteiger partial charge in [0.15, 0.2) is 18.9 Å². The zero-order valence-corrected chi connectivity index (χ0v) is 52.5. The Kier molecular flexibility index (Phi) is 44.5. The second-order valence-corrected chi connectivity index (χ2v) is 23.9. The fourth-order valence-corrected chi connectivity index (χ4v) is 11.1. The lowest BCUT2D eigenvalue weighted by atomic mass is 9.96. The van der Waals surface area contributed by atoms with Gasteiger partial charge < -0.3 is 89.9 Å². The van der Waals surface area contributed by atoms with Crippen LogP contribution in [0.15, 0.2) is 60.8 Å². The average molecular weight is 1230 g/mol. The molecule has 0 radical (unpaired) electrons. The highest BCUT2D eigenvalue weighted by Crippen LogP contribution is 2.33. The molecule has 86 heavy (non-hydrogen) atoms. The molecule has 0 aromatic rings. The van der Waals surface area contributed by atoms with E-state index >= 15 is 0 Å². The third kappa shape index (κ3) is 31.5. The number of rotatable bonds is 50. The predicted octanol–water partition coefficient (Wildman–Crippen LogP) is 7.99. The van der Waals surface area contributed by atoms with E-state index in [4.69, 9.17) is 28.4 Å². The maximum absolute atomic E-state index is 13.3. The van der Waals surface area contributed by atoms with Crippen LogP contribution in [0.4, 0.5) is 0 Å². The lowest BCUT2D eigenvalue weighted by Crippen LogP contribution is -2.66. The maximum Gasteiger partial charge on any atom is 0.220 e. The van der Waals surface area contributed by atoms with E-state index in [1.807, 2.05) is 6.08 Å². The Morgan fingerprint density at radius 3 is 1.26 bits per heavy atom. The van der Waals surface area contributed by atoms with Gasteiger partial charge in [-0.3, -0.25) is 4.79 Å². The predicted molar refractivity (Wildman–Crippen MR) is 332 cm³/mol. The van der Waals surface area contributed by atoms with Crippen molar-refractivity contribution in [3.8, 4) is 0 Å². The summed E-state index contributed by atoms with van der Waals surface area (Å²) in [7, 11) is 0. The molecular formula is C67H119NO18. The molecule has 0 aromatic heterocycles. The van der Waals surface area contributed by atoms with E-state index in [1.165, 1.54) is 135 Å². The van der Waals surface area contributed by atoms with Gasteiger partial charge in [-0.25, -0.2) is 0 Å². The first-order chi connectivity index (χ1) is 41.8. The molecule has 0 bridgehead atoms. The van der Waals surface area contributed by atoms with Crippen LogP contribution in [-0.2, 0) is 33.2 Å². The van der Waals surface area contributed by atoms with Crippen molar-refractivity contribution in [2.24, 2.45) is 0 Å². The third-order valence-electron chi connectivity index (χ3n) is 16.6. The molecule has 12 N–H and O–H groups in total. The first kappa shape index (κ1) is 77.7. The Bertz CT molecular complexity index is 1800. The van der Waals surface area contributed by atoms with Crippen LogP contribution in [0.2, 0.25) is 0 Å². The lowest BCUT2D eigenvalue weighted by molar-refractivity contribution is -0.379. The molecule has 3 rings (SSSR count). The Balaban J connectivity index is 1.45. The van der Waals surface area contributed by atoms with E-state index < -0.39 is 124 Å². The van der Waals surface area contributed by atoms with Gasteiger partial charge >= 0.3 is 0 Å². The van der Waals surface area contributed by atoms with Crippen LogP contribution in [0, 0.1) is 0 Å². The molecule has 19 nitrogen and oxygen atoms in total. The summed E-state index contributed by atoms with van der Waals surface area (Å²) >= 11 is 0. The third-order valence-corrected chi connectivity index (χ3v) is 16.6. The summed E-state index contributed by atoms with van der Waals surface area (Å²) in [5, 5.41) is 120. The summed E-state index contributed by atoms with van der Waals surface area (Å²) in [6.07, 6.45) is 32.1. The van der Waals surface area contributed by atoms with Crippen molar-refractivity contribution in [1.82, 2.24) is 5.32 Å². The SMILES string of the molecule is CC/C=C\C/C=C\C/C=C\C/C=C\CCCCC(=O)NC(COC1OC(CO)C(OC2OC(CO)C(OC3OC(CO)C(O)C(O)C3O)C(O)C2O)C(O)C1O)C(O)/C=C/CCCCCCCCCCCCCCCCCCCCCCCCCC. The number of allylic oxidation sites excluding steroid dienone is 9. The van der Waals surface area contributed by atoms with Gasteiger partial charge in [0, 0.05) is 6.42 Å². The van der Waals surface area contributed by atoms with E-state index in [0.29, 0.717) is 6.42 Å². The van der Waals surface area contributed by atoms with Crippen LogP contribution in [-0.4, -0.2) is 193 Å².